The van der Waals surface area contributed by atoms with Crippen LogP contribution in [0.15, 0.2) is 0 Å². The summed E-state index contributed by atoms with van der Waals surface area (Å²) in [5, 5.41) is 11.6. The van der Waals surface area contributed by atoms with Crippen molar-refractivity contribution in [2.75, 3.05) is 0 Å². The summed E-state index contributed by atoms with van der Waals surface area (Å²) in [5.41, 5.74) is 0. The second-order valence-corrected chi connectivity index (χ2v) is 5.06. The molecule has 96 valence electrons. The first-order valence-electron chi connectivity index (χ1n) is 6.24. The van der Waals surface area contributed by atoms with Gasteiger partial charge in [0.2, 0.25) is 5.91 Å². The predicted molar refractivity (Wildman–Crippen MR) is 60.5 cm³/mol. The number of amides is 1. The minimum absolute atomic E-state index is 0.0126. The van der Waals surface area contributed by atoms with Gasteiger partial charge in [0.15, 0.2) is 0 Å². The summed E-state index contributed by atoms with van der Waals surface area (Å²) in [5.74, 6) is -0.663. The number of rotatable bonds is 5. The fraction of sp³-hybridized carbons (Fsp3) is 0.833. The smallest absolute Gasteiger partial charge is 0.305 e. The van der Waals surface area contributed by atoms with Crippen molar-refractivity contribution >= 4 is 11.9 Å². The fourth-order valence-corrected chi connectivity index (χ4v) is 2.29. The highest BCUT2D eigenvalue weighted by atomic mass is 16.5. The second kappa shape index (κ2) is 5.04. The van der Waals surface area contributed by atoms with E-state index in [0.717, 1.165) is 25.7 Å². The molecule has 3 atom stereocenters. The second-order valence-electron chi connectivity index (χ2n) is 5.06. The lowest BCUT2D eigenvalue weighted by Crippen LogP contribution is -2.43. The van der Waals surface area contributed by atoms with Gasteiger partial charge in [0, 0.05) is 6.04 Å². The van der Waals surface area contributed by atoms with E-state index in [9.17, 15) is 9.59 Å². The molecule has 0 radical (unpaired) electrons. The SMILES string of the molecule is CC1CCC(C(=O)NC(CC(=O)O)C2CC2)O1. The molecule has 1 aliphatic carbocycles. The molecule has 0 spiro atoms. The number of nitrogens with one attached hydrogen (secondary N) is 1. The van der Waals surface area contributed by atoms with E-state index >= 15 is 0 Å². The van der Waals surface area contributed by atoms with Crippen molar-refractivity contribution in [3.05, 3.63) is 0 Å². The van der Waals surface area contributed by atoms with Crippen molar-refractivity contribution in [1.29, 1.82) is 0 Å². The van der Waals surface area contributed by atoms with Crippen molar-refractivity contribution < 1.29 is 19.4 Å². The molecule has 2 fully saturated rings. The van der Waals surface area contributed by atoms with Gasteiger partial charge < -0.3 is 15.2 Å². The lowest BCUT2D eigenvalue weighted by molar-refractivity contribution is -0.138. The minimum atomic E-state index is -0.858. The first-order chi connectivity index (χ1) is 8.06. The standard InChI is InChI=1S/C12H19NO4/c1-7-2-5-10(17-7)12(16)13-9(6-11(14)15)8-3-4-8/h7-10H,2-6H2,1H3,(H,13,16)(H,14,15). The Kier molecular flexibility index (Phi) is 3.66. The number of ether oxygens (including phenoxy) is 1. The van der Waals surface area contributed by atoms with Crippen LogP contribution in [0, 0.1) is 5.92 Å². The third-order valence-electron chi connectivity index (χ3n) is 3.44. The molecular weight excluding hydrogens is 222 g/mol. The number of carbonyl (C=O) groups excluding carboxylic acids is 1. The van der Waals surface area contributed by atoms with Crippen LogP contribution in [0.4, 0.5) is 0 Å². The van der Waals surface area contributed by atoms with E-state index in [4.69, 9.17) is 9.84 Å². The van der Waals surface area contributed by atoms with Crippen molar-refractivity contribution in [3.8, 4) is 0 Å². The summed E-state index contributed by atoms with van der Waals surface area (Å²) >= 11 is 0. The van der Waals surface area contributed by atoms with Gasteiger partial charge in [0.25, 0.3) is 0 Å². The molecule has 5 nitrogen and oxygen atoms in total. The summed E-state index contributed by atoms with van der Waals surface area (Å²) < 4.78 is 5.47. The highest BCUT2D eigenvalue weighted by Crippen LogP contribution is 2.34. The number of hydrogen-bond donors (Lipinski definition) is 2. The number of hydrogen-bond acceptors (Lipinski definition) is 3. The lowest BCUT2D eigenvalue weighted by atomic mass is 10.1. The van der Waals surface area contributed by atoms with E-state index < -0.39 is 5.97 Å². The van der Waals surface area contributed by atoms with Gasteiger partial charge in [0.1, 0.15) is 6.10 Å². The summed E-state index contributed by atoms with van der Waals surface area (Å²) in [6.07, 6.45) is 3.41. The summed E-state index contributed by atoms with van der Waals surface area (Å²) in [6, 6.07) is -0.223. The van der Waals surface area contributed by atoms with Crippen LogP contribution in [0.1, 0.15) is 39.0 Å². The molecule has 0 bridgehead atoms. The van der Waals surface area contributed by atoms with E-state index in [-0.39, 0.29) is 30.6 Å². The average Bonchev–Trinajstić information content (AvgIpc) is 2.99. The highest BCUT2D eigenvalue weighted by molar-refractivity contribution is 5.82. The topological polar surface area (TPSA) is 75.6 Å². The fourth-order valence-electron chi connectivity index (χ4n) is 2.29. The van der Waals surface area contributed by atoms with Gasteiger partial charge in [0.05, 0.1) is 12.5 Å². The Morgan fingerprint density at radius 2 is 2.06 bits per heavy atom. The van der Waals surface area contributed by atoms with E-state index in [1.54, 1.807) is 0 Å². The number of aliphatic carboxylic acids is 1. The van der Waals surface area contributed by atoms with Crippen LogP contribution in [0.2, 0.25) is 0 Å². The Bertz CT molecular complexity index is 314. The summed E-state index contributed by atoms with van der Waals surface area (Å²) in [7, 11) is 0. The molecule has 5 heteroatoms. The zero-order chi connectivity index (χ0) is 12.4. The van der Waals surface area contributed by atoms with E-state index in [1.807, 2.05) is 6.92 Å². The minimum Gasteiger partial charge on any atom is -0.481 e. The molecule has 3 unspecified atom stereocenters. The molecule has 1 amide bonds. The zero-order valence-electron chi connectivity index (χ0n) is 10.0. The van der Waals surface area contributed by atoms with Gasteiger partial charge in [-0.2, -0.15) is 0 Å². The molecule has 1 saturated heterocycles. The van der Waals surface area contributed by atoms with Crippen LogP contribution in [-0.2, 0) is 14.3 Å². The number of carboxylic acid groups (broad SMARTS) is 1. The zero-order valence-corrected chi connectivity index (χ0v) is 10.0. The molecule has 1 aliphatic heterocycles. The Labute approximate surface area is 101 Å². The van der Waals surface area contributed by atoms with Crippen LogP contribution < -0.4 is 5.32 Å². The molecule has 2 N–H and O–H groups in total. The first kappa shape index (κ1) is 12.4. The van der Waals surface area contributed by atoms with Gasteiger partial charge in [-0.25, -0.2) is 0 Å². The van der Waals surface area contributed by atoms with E-state index in [1.165, 1.54) is 0 Å². The molecular formula is C12H19NO4. The molecule has 0 aromatic rings. The van der Waals surface area contributed by atoms with Gasteiger partial charge in [-0.3, -0.25) is 9.59 Å². The Morgan fingerprint density at radius 3 is 2.53 bits per heavy atom. The molecule has 0 aromatic heterocycles. The third-order valence-corrected chi connectivity index (χ3v) is 3.44. The summed E-state index contributed by atoms with van der Waals surface area (Å²) in [4.78, 5) is 22.6. The van der Waals surface area contributed by atoms with Crippen LogP contribution in [0.5, 0.6) is 0 Å². The third kappa shape index (κ3) is 3.43. The lowest BCUT2D eigenvalue weighted by Gasteiger charge is -2.19. The molecule has 17 heavy (non-hydrogen) atoms. The normalized spacial score (nSPS) is 29.9. The van der Waals surface area contributed by atoms with Crippen molar-refractivity contribution in [2.45, 2.75) is 57.3 Å². The Morgan fingerprint density at radius 1 is 1.35 bits per heavy atom. The average molecular weight is 241 g/mol. The highest BCUT2D eigenvalue weighted by Gasteiger charge is 2.36. The predicted octanol–water partition coefficient (Wildman–Crippen LogP) is 0.923. The maximum Gasteiger partial charge on any atom is 0.305 e. The first-order valence-corrected chi connectivity index (χ1v) is 6.24. The molecule has 2 aliphatic rings. The van der Waals surface area contributed by atoms with Gasteiger partial charge in [-0.1, -0.05) is 0 Å². The van der Waals surface area contributed by atoms with Crippen LogP contribution in [0.25, 0.3) is 0 Å². The molecule has 2 rings (SSSR count). The molecule has 1 saturated carbocycles. The monoisotopic (exact) mass is 241 g/mol. The van der Waals surface area contributed by atoms with Crippen LogP contribution >= 0.6 is 0 Å². The quantitative estimate of drug-likeness (QED) is 0.750. The van der Waals surface area contributed by atoms with Gasteiger partial charge in [-0.05, 0) is 38.5 Å². The maximum atomic E-state index is 11.9. The van der Waals surface area contributed by atoms with Gasteiger partial charge in [-0.15, -0.1) is 0 Å². The number of carboxylic acids is 1. The maximum absolute atomic E-state index is 11.9. The molecule has 1 heterocycles. The van der Waals surface area contributed by atoms with Crippen LogP contribution in [-0.4, -0.2) is 35.2 Å². The Balaban J connectivity index is 1.84. The molecule has 0 aromatic carbocycles. The van der Waals surface area contributed by atoms with Gasteiger partial charge >= 0.3 is 5.97 Å². The summed E-state index contributed by atoms with van der Waals surface area (Å²) in [6.45, 7) is 1.95. The number of carbonyl (C=O) groups is 2. The van der Waals surface area contributed by atoms with Crippen molar-refractivity contribution in [3.63, 3.8) is 0 Å². The largest absolute Gasteiger partial charge is 0.481 e. The van der Waals surface area contributed by atoms with Crippen molar-refractivity contribution in [1.82, 2.24) is 5.32 Å². The van der Waals surface area contributed by atoms with E-state index in [2.05, 4.69) is 5.32 Å². The Hall–Kier alpha value is -1.10. The van der Waals surface area contributed by atoms with Crippen molar-refractivity contribution in [2.24, 2.45) is 5.92 Å². The van der Waals surface area contributed by atoms with Crippen LogP contribution in [0.3, 0.4) is 0 Å². The van der Waals surface area contributed by atoms with E-state index in [0.29, 0.717) is 5.92 Å².